The van der Waals surface area contributed by atoms with Crippen molar-refractivity contribution in [2.45, 2.75) is 12.6 Å². The summed E-state index contributed by atoms with van der Waals surface area (Å²) in [6, 6.07) is 21.6. The SMILES string of the molecule is O=C(NC(COCc1ccccc1)c1ccccc1)c1ccsc1. The Kier molecular flexibility index (Phi) is 5.77. The molecule has 122 valence electrons. The largest absolute Gasteiger partial charge is 0.374 e. The molecule has 0 bridgehead atoms. The molecule has 0 fully saturated rings. The van der Waals surface area contributed by atoms with Gasteiger partial charge in [0, 0.05) is 5.38 Å². The van der Waals surface area contributed by atoms with Crippen LogP contribution in [-0.2, 0) is 11.3 Å². The molecule has 1 aromatic heterocycles. The van der Waals surface area contributed by atoms with Crippen LogP contribution in [0.5, 0.6) is 0 Å². The van der Waals surface area contributed by atoms with Crippen LogP contribution in [0.2, 0.25) is 0 Å². The maximum absolute atomic E-state index is 12.4. The highest BCUT2D eigenvalue weighted by molar-refractivity contribution is 7.08. The quantitative estimate of drug-likeness (QED) is 0.692. The van der Waals surface area contributed by atoms with Crippen LogP contribution in [0.15, 0.2) is 77.5 Å². The molecule has 0 saturated carbocycles. The third-order valence-corrected chi connectivity index (χ3v) is 4.37. The number of hydrogen-bond acceptors (Lipinski definition) is 3. The molecule has 0 aliphatic carbocycles. The molecule has 4 heteroatoms. The molecule has 3 aromatic rings. The Morgan fingerprint density at radius 3 is 2.38 bits per heavy atom. The third-order valence-electron chi connectivity index (χ3n) is 3.69. The first-order chi connectivity index (χ1) is 11.8. The van der Waals surface area contributed by atoms with E-state index in [2.05, 4.69) is 5.32 Å². The minimum Gasteiger partial charge on any atom is -0.374 e. The van der Waals surface area contributed by atoms with E-state index in [0.717, 1.165) is 11.1 Å². The van der Waals surface area contributed by atoms with Crippen molar-refractivity contribution >= 4 is 17.2 Å². The topological polar surface area (TPSA) is 38.3 Å². The van der Waals surface area contributed by atoms with Gasteiger partial charge in [-0.25, -0.2) is 0 Å². The maximum Gasteiger partial charge on any atom is 0.252 e. The molecule has 0 aliphatic rings. The molecule has 0 spiro atoms. The number of carbonyl (C=O) groups excluding carboxylic acids is 1. The normalized spacial score (nSPS) is 11.8. The zero-order valence-electron chi connectivity index (χ0n) is 13.2. The van der Waals surface area contributed by atoms with Crippen LogP contribution >= 0.6 is 11.3 Å². The maximum atomic E-state index is 12.4. The first-order valence-electron chi connectivity index (χ1n) is 7.82. The van der Waals surface area contributed by atoms with E-state index in [1.54, 1.807) is 0 Å². The second-order valence-electron chi connectivity index (χ2n) is 5.45. The summed E-state index contributed by atoms with van der Waals surface area (Å²) >= 11 is 1.51. The minimum absolute atomic E-state index is 0.0755. The monoisotopic (exact) mass is 337 g/mol. The van der Waals surface area contributed by atoms with Crippen LogP contribution in [0.1, 0.15) is 27.5 Å². The van der Waals surface area contributed by atoms with Crippen LogP contribution in [-0.4, -0.2) is 12.5 Å². The average Bonchev–Trinajstić information content (AvgIpc) is 3.17. The molecule has 1 amide bonds. The summed E-state index contributed by atoms with van der Waals surface area (Å²) in [5, 5.41) is 6.82. The van der Waals surface area contributed by atoms with Crippen LogP contribution in [0.4, 0.5) is 0 Å². The van der Waals surface area contributed by atoms with E-state index in [-0.39, 0.29) is 11.9 Å². The third kappa shape index (κ3) is 4.54. The molecule has 0 saturated heterocycles. The van der Waals surface area contributed by atoms with E-state index in [0.29, 0.717) is 18.8 Å². The molecule has 3 nitrogen and oxygen atoms in total. The smallest absolute Gasteiger partial charge is 0.252 e. The number of nitrogens with one attached hydrogen (secondary N) is 1. The van der Waals surface area contributed by atoms with Crippen molar-refractivity contribution in [1.29, 1.82) is 0 Å². The van der Waals surface area contributed by atoms with Crippen LogP contribution in [0.3, 0.4) is 0 Å². The number of benzene rings is 2. The fourth-order valence-electron chi connectivity index (χ4n) is 2.41. The molecule has 0 radical (unpaired) electrons. The standard InChI is InChI=1S/C20H19NO2S/c22-20(18-11-12-24-15-18)21-19(17-9-5-2-6-10-17)14-23-13-16-7-3-1-4-8-16/h1-12,15,19H,13-14H2,(H,21,22). The van der Waals surface area contributed by atoms with Gasteiger partial charge in [0.15, 0.2) is 0 Å². The van der Waals surface area contributed by atoms with E-state index < -0.39 is 0 Å². The van der Waals surface area contributed by atoms with Gasteiger partial charge in [0.1, 0.15) is 0 Å². The summed E-state index contributed by atoms with van der Waals surface area (Å²) in [6.45, 7) is 0.952. The van der Waals surface area contributed by atoms with Crippen LogP contribution < -0.4 is 5.32 Å². The second kappa shape index (κ2) is 8.43. The lowest BCUT2D eigenvalue weighted by molar-refractivity contribution is 0.0797. The molecule has 24 heavy (non-hydrogen) atoms. The zero-order valence-corrected chi connectivity index (χ0v) is 14.0. The predicted molar refractivity (Wildman–Crippen MR) is 97.1 cm³/mol. The first-order valence-corrected chi connectivity index (χ1v) is 8.77. The Labute approximate surface area is 145 Å². The second-order valence-corrected chi connectivity index (χ2v) is 6.23. The first kappa shape index (κ1) is 16.4. The molecule has 1 atom stereocenters. The van der Waals surface area contributed by atoms with Gasteiger partial charge < -0.3 is 10.1 Å². The van der Waals surface area contributed by atoms with E-state index in [1.165, 1.54) is 11.3 Å². The summed E-state index contributed by atoms with van der Waals surface area (Å²) in [5.41, 5.74) is 2.84. The number of thiophene rings is 1. The number of rotatable bonds is 7. The lowest BCUT2D eigenvalue weighted by atomic mass is 10.1. The summed E-state index contributed by atoms with van der Waals surface area (Å²) in [4.78, 5) is 12.4. The number of hydrogen-bond donors (Lipinski definition) is 1. The molecule has 1 heterocycles. The molecular weight excluding hydrogens is 318 g/mol. The van der Waals surface area contributed by atoms with Gasteiger partial charge in [0.2, 0.25) is 0 Å². The van der Waals surface area contributed by atoms with Gasteiger partial charge in [-0.1, -0.05) is 60.7 Å². The Balaban J connectivity index is 1.65. The Morgan fingerprint density at radius 1 is 1.00 bits per heavy atom. The predicted octanol–water partition coefficient (Wildman–Crippen LogP) is 4.44. The van der Waals surface area contributed by atoms with Gasteiger partial charge in [0.25, 0.3) is 5.91 Å². The van der Waals surface area contributed by atoms with Crippen molar-refractivity contribution in [2.75, 3.05) is 6.61 Å². The summed E-state index contributed by atoms with van der Waals surface area (Å²) < 4.78 is 5.84. The average molecular weight is 337 g/mol. The van der Waals surface area contributed by atoms with Gasteiger partial charge in [-0.15, -0.1) is 0 Å². The lowest BCUT2D eigenvalue weighted by Crippen LogP contribution is -2.31. The molecule has 3 rings (SSSR count). The molecular formula is C20H19NO2S. The van der Waals surface area contributed by atoms with Crippen molar-refractivity contribution in [2.24, 2.45) is 0 Å². The Hall–Kier alpha value is -2.43. The Morgan fingerprint density at radius 2 is 1.71 bits per heavy atom. The highest BCUT2D eigenvalue weighted by Gasteiger charge is 2.16. The van der Waals surface area contributed by atoms with Gasteiger partial charge >= 0.3 is 0 Å². The van der Waals surface area contributed by atoms with Crippen molar-refractivity contribution in [3.05, 3.63) is 94.2 Å². The van der Waals surface area contributed by atoms with Crippen molar-refractivity contribution in [3.63, 3.8) is 0 Å². The minimum atomic E-state index is -0.178. The van der Waals surface area contributed by atoms with E-state index in [4.69, 9.17) is 4.74 Å². The number of amides is 1. The lowest BCUT2D eigenvalue weighted by Gasteiger charge is -2.19. The van der Waals surface area contributed by atoms with Gasteiger partial charge in [-0.2, -0.15) is 11.3 Å². The van der Waals surface area contributed by atoms with Crippen LogP contribution in [0, 0.1) is 0 Å². The van der Waals surface area contributed by atoms with E-state index >= 15 is 0 Å². The summed E-state index contributed by atoms with van der Waals surface area (Å²) in [7, 11) is 0. The molecule has 1 unspecified atom stereocenters. The van der Waals surface area contributed by atoms with Crippen molar-refractivity contribution < 1.29 is 9.53 Å². The zero-order chi connectivity index (χ0) is 16.6. The van der Waals surface area contributed by atoms with E-state index in [1.807, 2.05) is 77.5 Å². The summed E-state index contributed by atoms with van der Waals surface area (Å²) in [6.07, 6.45) is 0. The van der Waals surface area contributed by atoms with Gasteiger partial charge in [-0.3, -0.25) is 4.79 Å². The summed E-state index contributed by atoms with van der Waals surface area (Å²) in [5.74, 6) is -0.0755. The number of carbonyl (C=O) groups is 1. The van der Waals surface area contributed by atoms with Crippen molar-refractivity contribution in [3.8, 4) is 0 Å². The van der Waals surface area contributed by atoms with Crippen molar-refractivity contribution in [1.82, 2.24) is 5.32 Å². The molecule has 0 aliphatic heterocycles. The van der Waals surface area contributed by atoms with Crippen LogP contribution in [0.25, 0.3) is 0 Å². The fourth-order valence-corrected chi connectivity index (χ4v) is 3.05. The molecule has 2 aromatic carbocycles. The van der Waals surface area contributed by atoms with E-state index in [9.17, 15) is 4.79 Å². The highest BCUT2D eigenvalue weighted by Crippen LogP contribution is 2.16. The molecule has 1 N–H and O–H groups in total. The van der Waals surface area contributed by atoms with Gasteiger partial charge in [-0.05, 0) is 22.6 Å². The van der Waals surface area contributed by atoms with Gasteiger partial charge in [0.05, 0.1) is 24.8 Å². The Bertz CT molecular complexity index is 742. The highest BCUT2D eigenvalue weighted by atomic mass is 32.1. The number of ether oxygens (including phenoxy) is 1. The fraction of sp³-hybridized carbons (Fsp3) is 0.150.